The molecule has 0 amide bonds. The smallest absolute Gasteiger partial charge is 0.154 e. The van der Waals surface area contributed by atoms with Gasteiger partial charge in [0, 0.05) is 45.1 Å². The molecule has 6 heteroatoms. The van der Waals surface area contributed by atoms with E-state index in [1.807, 2.05) is 31.5 Å². The van der Waals surface area contributed by atoms with Crippen LogP contribution in [0.3, 0.4) is 0 Å². The minimum absolute atomic E-state index is 0.106. The molecule has 0 bridgehead atoms. The second kappa shape index (κ2) is 6.78. The van der Waals surface area contributed by atoms with Crippen molar-refractivity contribution >= 4 is 0 Å². The molecule has 2 aromatic rings. The first-order valence-electron chi connectivity index (χ1n) is 7.53. The molecule has 0 saturated carbocycles. The van der Waals surface area contributed by atoms with Gasteiger partial charge in [-0.3, -0.25) is 4.98 Å². The molecule has 3 heterocycles. The zero-order valence-corrected chi connectivity index (χ0v) is 12.3. The lowest BCUT2D eigenvalue weighted by Crippen LogP contribution is -2.35. The summed E-state index contributed by atoms with van der Waals surface area (Å²) in [4.78, 5) is 4.07. The molecule has 0 aromatic carbocycles. The number of aromatic nitrogens is 4. The summed E-state index contributed by atoms with van der Waals surface area (Å²) in [5.74, 6) is 2.06. The molecule has 6 nitrogen and oxygen atoms in total. The Kier molecular flexibility index (Phi) is 4.57. The summed E-state index contributed by atoms with van der Waals surface area (Å²) < 4.78 is 7.63. The van der Waals surface area contributed by atoms with Gasteiger partial charge in [-0.05, 0) is 31.0 Å². The Hall–Kier alpha value is -1.79. The molecule has 1 N–H and O–H groups in total. The van der Waals surface area contributed by atoms with Gasteiger partial charge < -0.3 is 14.6 Å². The van der Waals surface area contributed by atoms with E-state index in [1.165, 1.54) is 5.56 Å². The Morgan fingerprint density at radius 2 is 2.19 bits per heavy atom. The van der Waals surface area contributed by atoms with Gasteiger partial charge in [-0.15, -0.1) is 10.2 Å². The van der Waals surface area contributed by atoms with Crippen LogP contribution in [0.5, 0.6) is 0 Å². The quantitative estimate of drug-likeness (QED) is 0.812. The van der Waals surface area contributed by atoms with E-state index in [0.29, 0.717) is 0 Å². The Balaban J connectivity index is 1.76. The molecule has 1 atom stereocenters. The van der Waals surface area contributed by atoms with Crippen LogP contribution in [0.25, 0.3) is 0 Å². The van der Waals surface area contributed by atoms with Crippen molar-refractivity contribution in [2.24, 2.45) is 0 Å². The van der Waals surface area contributed by atoms with Gasteiger partial charge in [-0.1, -0.05) is 0 Å². The SMILES string of the molecule is CCOCCCc1nnc2n1CCNC2c1ccncc1. The molecule has 0 radical (unpaired) electrons. The first-order valence-corrected chi connectivity index (χ1v) is 7.53. The lowest BCUT2D eigenvalue weighted by Gasteiger charge is -2.25. The van der Waals surface area contributed by atoms with Gasteiger partial charge in [-0.25, -0.2) is 0 Å². The van der Waals surface area contributed by atoms with E-state index >= 15 is 0 Å². The van der Waals surface area contributed by atoms with E-state index in [1.54, 1.807) is 0 Å². The summed E-state index contributed by atoms with van der Waals surface area (Å²) in [6.45, 7) is 5.42. The Morgan fingerprint density at radius 3 is 3.00 bits per heavy atom. The van der Waals surface area contributed by atoms with Crippen LogP contribution in [0.15, 0.2) is 24.5 Å². The third kappa shape index (κ3) is 3.11. The van der Waals surface area contributed by atoms with Gasteiger partial charge in [-0.2, -0.15) is 0 Å². The lowest BCUT2D eigenvalue weighted by molar-refractivity contribution is 0.144. The number of ether oxygens (including phenoxy) is 1. The number of nitrogens with zero attached hydrogens (tertiary/aromatic N) is 4. The van der Waals surface area contributed by atoms with Gasteiger partial charge in [0.25, 0.3) is 0 Å². The number of fused-ring (bicyclic) bond motifs is 1. The molecule has 0 aliphatic carbocycles. The number of rotatable bonds is 6. The zero-order chi connectivity index (χ0) is 14.5. The van der Waals surface area contributed by atoms with Crippen LogP contribution < -0.4 is 5.32 Å². The number of hydrogen-bond acceptors (Lipinski definition) is 5. The predicted octanol–water partition coefficient (Wildman–Crippen LogP) is 1.33. The number of aryl methyl sites for hydroxylation is 1. The summed E-state index contributed by atoms with van der Waals surface area (Å²) in [5, 5.41) is 12.3. The van der Waals surface area contributed by atoms with Crippen molar-refractivity contribution in [1.29, 1.82) is 0 Å². The Morgan fingerprint density at radius 1 is 1.33 bits per heavy atom. The predicted molar refractivity (Wildman–Crippen MR) is 78.9 cm³/mol. The number of pyridine rings is 1. The van der Waals surface area contributed by atoms with E-state index in [2.05, 4.69) is 25.1 Å². The average Bonchev–Trinajstić information content (AvgIpc) is 2.96. The molecule has 1 aliphatic heterocycles. The van der Waals surface area contributed by atoms with E-state index in [4.69, 9.17) is 4.74 Å². The highest BCUT2D eigenvalue weighted by molar-refractivity contribution is 5.24. The van der Waals surface area contributed by atoms with Crippen molar-refractivity contribution in [3.63, 3.8) is 0 Å². The molecule has 0 fully saturated rings. The Labute approximate surface area is 124 Å². The molecule has 112 valence electrons. The summed E-state index contributed by atoms with van der Waals surface area (Å²) in [7, 11) is 0. The standard InChI is InChI=1S/C15H21N5O/c1-2-21-11-3-4-13-18-19-15-14(17-9-10-20(13)15)12-5-7-16-8-6-12/h5-8,14,17H,2-4,9-11H2,1H3. The molecular formula is C15H21N5O. The molecule has 0 saturated heterocycles. The topological polar surface area (TPSA) is 64.9 Å². The van der Waals surface area contributed by atoms with Crippen LogP contribution in [0.2, 0.25) is 0 Å². The summed E-state index contributed by atoms with van der Waals surface area (Å²) in [5.41, 5.74) is 1.18. The van der Waals surface area contributed by atoms with Crippen LogP contribution >= 0.6 is 0 Å². The van der Waals surface area contributed by atoms with Crippen molar-refractivity contribution in [1.82, 2.24) is 25.1 Å². The maximum Gasteiger partial charge on any atom is 0.154 e. The minimum atomic E-state index is 0.106. The summed E-state index contributed by atoms with van der Waals surface area (Å²) in [6.07, 6.45) is 5.53. The van der Waals surface area contributed by atoms with E-state index < -0.39 is 0 Å². The fraction of sp³-hybridized carbons (Fsp3) is 0.533. The monoisotopic (exact) mass is 287 g/mol. The molecule has 0 spiro atoms. The van der Waals surface area contributed by atoms with Gasteiger partial charge >= 0.3 is 0 Å². The molecule has 2 aromatic heterocycles. The van der Waals surface area contributed by atoms with Crippen LogP contribution in [0.4, 0.5) is 0 Å². The summed E-state index contributed by atoms with van der Waals surface area (Å²) in [6, 6.07) is 4.16. The minimum Gasteiger partial charge on any atom is -0.382 e. The molecule has 21 heavy (non-hydrogen) atoms. The zero-order valence-electron chi connectivity index (χ0n) is 12.3. The van der Waals surface area contributed by atoms with Gasteiger partial charge in [0.05, 0.1) is 6.04 Å². The van der Waals surface area contributed by atoms with Crippen molar-refractivity contribution in [3.8, 4) is 0 Å². The third-order valence-electron chi connectivity index (χ3n) is 3.73. The van der Waals surface area contributed by atoms with Gasteiger partial charge in [0.15, 0.2) is 5.82 Å². The van der Waals surface area contributed by atoms with Crippen LogP contribution in [0.1, 0.15) is 36.6 Å². The van der Waals surface area contributed by atoms with E-state index in [9.17, 15) is 0 Å². The van der Waals surface area contributed by atoms with Crippen LogP contribution in [-0.4, -0.2) is 39.5 Å². The van der Waals surface area contributed by atoms with Crippen LogP contribution in [0, 0.1) is 0 Å². The first kappa shape index (κ1) is 14.2. The fourth-order valence-electron chi connectivity index (χ4n) is 2.70. The average molecular weight is 287 g/mol. The highest BCUT2D eigenvalue weighted by Gasteiger charge is 2.25. The highest BCUT2D eigenvalue weighted by atomic mass is 16.5. The van der Waals surface area contributed by atoms with Crippen molar-refractivity contribution in [2.45, 2.75) is 32.4 Å². The number of nitrogens with one attached hydrogen (secondary N) is 1. The Bertz CT molecular complexity index is 569. The van der Waals surface area contributed by atoms with Gasteiger partial charge in [0.2, 0.25) is 0 Å². The largest absolute Gasteiger partial charge is 0.382 e. The highest BCUT2D eigenvalue weighted by Crippen LogP contribution is 2.23. The van der Waals surface area contributed by atoms with Crippen molar-refractivity contribution < 1.29 is 4.74 Å². The third-order valence-corrected chi connectivity index (χ3v) is 3.73. The van der Waals surface area contributed by atoms with Gasteiger partial charge in [0.1, 0.15) is 5.82 Å². The molecule has 1 unspecified atom stereocenters. The molecular weight excluding hydrogens is 266 g/mol. The second-order valence-corrected chi connectivity index (χ2v) is 5.09. The maximum atomic E-state index is 5.39. The first-order chi connectivity index (χ1) is 10.4. The second-order valence-electron chi connectivity index (χ2n) is 5.09. The maximum absolute atomic E-state index is 5.39. The lowest BCUT2D eigenvalue weighted by atomic mass is 10.1. The number of hydrogen-bond donors (Lipinski definition) is 1. The molecule has 1 aliphatic rings. The van der Waals surface area contributed by atoms with Crippen molar-refractivity contribution in [2.75, 3.05) is 19.8 Å². The van der Waals surface area contributed by atoms with Crippen LogP contribution in [-0.2, 0) is 17.7 Å². The summed E-state index contributed by atoms with van der Waals surface area (Å²) >= 11 is 0. The van der Waals surface area contributed by atoms with Crippen molar-refractivity contribution in [3.05, 3.63) is 41.7 Å². The normalized spacial score (nSPS) is 17.7. The fourth-order valence-corrected chi connectivity index (χ4v) is 2.70. The van der Waals surface area contributed by atoms with E-state index in [-0.39, 0.29) is 6.04 Å². The molecule has 3 rings (SSSR count). The van der Waals surface area contributed by atoms with E-state index in [0.717, 1.165) is 50.8 Å².